The number of hydrogen-bond donors (Lipinski definition) is 2. The summed E-state index contributed by atoms with van der Waals surface area (Å²) in [5.41, 5.74) is 2.56. The largest absolute Gasteiger partial charge is 0.372 e. The molecule has 0 radical (unpaired) electrons. The Labute approximate surface area is 147 Å². The van der Waals surface area contributed by atoms with Gasteiger partial charge in [0.25, 0.3) is 5.89 Å². The topological polar surface area (TPSA) is 83.3 Å². The van der Waals surface area contributed by atoms with Gasteiger partial charge in [-0.2, -0.15) is 4.98 Å². The van der Waals surface area contributed by atoms with E-state index < -0.39 is 0 Å². The molecule has 0 aliphatic carbocycles. The minimum absolute atomic E-state index is 0. The maximum atomic E-state index is 11.8. The van der Waals surface area contributed by atoms with Crippen LogP contribution in [0.25, 0.3) is 11.5 Å². The molecule has 1 amide bonds. The SMILES string of the molecule is CNC(C)Cc1noc(-c2ccc3c(c2)NC(=O)CCN3C)n1.Cl. The predicted molar refractivity (Wildman–Crippen MR) is 95.7 cm³/mol. The zero-order chi connectivity index (χ0) is 16.4. The van der Waals surface area contributed by atoms with Crippen molar-refractivity contribution in [1.29, 1.82) is 0 Å². The van der Waals surface area contributed by atoms with Gasteiger partial charge >= 0.3 is 0 Å². The molecule has 1 aromatic heterocycles. The van der Waals surface area contributed by atoms with E-state index in [0.717, 1.165) is 16.9 Å². The Bertz CT molecular complexity index is 718. The Morgan fingerprint density at radius 1 is 1.46 bits per heavy atom. The molecule has 0 saturated heterocycles. The summed E-state index contributed by atoms with van der Waals surface area (Å²) in [7, 11) is 3.88. The summed E-state index contributed by atoms with van der Waals surface area (Å²) in [6, 6.07) is 6.07. The lowest BCUT2D eigenvalue weighted by Gasteiger charge is -2.18. The van der Waals surface area contributed by atoms with Gasteiger partial charge in [-0.25, -0.2) is 0 Å². The van der Waals surface area contributed by atoms with Gasteiger partial charge in [-0.1, -0.05) is 5.16 Å². The second kappa shape index (κ2) is 7.63. The van der Waals surface area contributed by atoms with Crippen molar-refractivity contribution < 1.29 is 9.32 Å². The van der Waals surface area contributed by atoms with Crippen LogP contribution in [0.2, 0.25) is 0 Å². The third-order valence-electron chi connectivity index (χ3n) is 4.05. The number of amides is 1. The van der Waals surface area contributed by atoms with Gasteiger partial charge in [0, 0.05) is 38.0 Å². The molecule has 1 unspecified atom stereocenters. The van der Waals surface area contributed by atoms with E-state index in [0.29, 0.717) is 31.1 Å². The fourth-order valence-electron chi connectivity index (χ4n) is 2.53. The van der Waals surface area contributed by atoms with Gasteiger partial charge < -0.3 is 20.1 Å². The van der Waals surface area contributed by atoms with E-state index in [1.165, 1.54) is 0 Å². The lowest BCUT2D eigenvalue weighted by atomic mass is 10.1. The average molecular weight is 352 g/mol. The zero-order valence-corrected chi connectivity index (χ0v) is 14.8. The second-order valence-electron chi connectivity index (χ2n) is 5.86. The quantitative estimate of drug-likeness (QED) is 0.877. The highest BCUT2D eigenvalue weighted by atomic mass is 35.5. The van der Waals surface area contributed by atoms with Crippen LogP contribution in [0.4, 0.5) is 11.4 Å². The van der Waals surface area contributed by atoms with Crippen molar-refractivity contribution in [2.45, 2.75) is 25.8 Å². The van der Waals surface area contributed by atoms with Crippen LogP contribution in [0.15, 0.2) is 22.7 Å². The predicted octanol–water partition coefficient (Wildman–Crippen LogP) is 2.09. The molecular weight excluding hydrogens is 330 g/mol. The first kappa shape index (κ1) is 18.2. The van der Waals surface area contributed by atoms with Gasteiger partial charge in [-0.15, -0.1) is 12.4 Å². The highest BCUT2D eigenvalue weighted by Crippen LogP contribution is 2.32. The number of carbonyl (C=O) groups excluding carboxylic acids is 1. The van der Waals surface area contributed by atoms with E-state index in [1.807, 2.05) is 32.3 Å². The highest BCUT2D eigenvalue weighted by Gasteiger charge is 2.19. The third-order valence-corrected chi connectivity index (χ3v) is 4.05. The van der Waals surface area contributed by atoms with E-state index in [1.54, 1.807) is 0 Å². The Hall–Kier alpha value is -2.12. The number of rotatable bonds is 4. The molecule has 0 bridgehead atoms. The standard InChI is InChI=1S/C16H21N5O2.ClH/c1-10(17-2)8-14-19-16(23-20-14)11-4-5-13-12(9-11)18-15(22)6-7-21(13)3;/h4-5,9-10,17H,6-8H2,1-3H3,(H,18,22);1H. The van der Waals surface area contributed by atoms with E-state index >= 15 is 0 Å². The number of benzene rings is 1. The number of nitrogens with zero attached hydrogens (tertiary/aromatic N) is 3. The Morgan fingerprint density at radius 3 is 3.00 bits per heavy atom. The van der Waals surface area contributed by atoms with Crippen LogP contribution in [-0.2, 0) is 11.2 Å². The molecule has 0 spiro atoms. The van der Waals surface area contributed by atoms with E-state index in [4.69, 9.17) is 4.52 Å². The second-order valence-corrected chi connectivity index (χ2v) is 5.86. The number of halogens is 1. The number of aromatic nitrogens is 2. The molecule has 1 aliphatic heterocycles. The van der Waals surface area contributed by atoms with Gasteiger partial charge in [0.15, 0.2) is 5.82 Å². The number of likely N-dealkylation sites (N-methyl/N-ethyl adjacent to an activating group) is 1. The van der Waals surface area contributed by atoms with Crippen molar-refractivity contribution in [2.75, 3.05) is 30.9 Å². The fourth-order valence-corrected chi connectivity index (χ4v) is 2.53. The molecule has 3 rings (SSSR count). The number of nitrogens with one attached hydrogen (secondary N) is 2. The molecule has 24 heavy (non-hydrogen) atoms. The third kappa shape index (κ3) is 3.85. The lowest BCUT2D eigenvalue weighted by molar-refractivity contribution is -0.115. The van der Waals surface area contributed by atoms with Crippen LogP contribution in [0.5, 0.6) is 0 Å². The summed E-state index contributed by atoms with van der Waals surface area (Å²) in [5, 5.41) is 10.1. The summed E-state index contributed by atoms with van der Waals surface area (Å²) >= 11 is 0. The van der Waals surface area contributed by atoms with Gasteiger partial charge in [-0.05, 0) is 32.2 Å². The number of carbonyl (C=O) groups is 1. The molecule has 8 heteroatoms. The monoisotopic (exact) mass is 351 g/mol. The first-order valence-corrected chi connectivity index (χ1v) is 7.72. The summed E-state index contributed by atoms with van der Waals surface area (Å²) in [6.07, 6.45) is 1.18. The van der Waals surface area contributed by atoms with Crippen molar-refractivity contribution in [3.8, 4) is 11.5 Å². The van der Waals surface area contributed by atoms with Crippen molar-refractivity contribution in [3.05, 3.63) is 24.0 Å². The number of fused-ring (bicyclic) bond motifs is 1. The van der Waals surface area contributed by atoms with Crippen molar-refractivity contribution in [1.82, 2.24) is 15.5 Å². The van der Waals surface area contributed by atoms with Gasteiger partial charge in [-0.3, -0.25) is 4.79 Å². The Morgan fingerprint density at radius 2 is 2.25 bits per heavy atom. The normalized spacial score (nSPS) is 15.1. The van der Waals surface area contributed by atoms with E-state index in [9.17, 15) is 4.79 Å². The summed E-state index contributed by atoms with van der Waals surface area (Å²) in [4.78, 5) is 18.3. The lowest BCUT2D eigenvalue weighted by Crippen LogP contribution is -2.24. The summed E-state index contributed by atoms with van der Waals surface area (Å²) < 4.78 is 5.36. The Kier molecular flexibility index (Phi) is 5.80. The zero-order valence-electron chi connectivity index (χ0n) is 14.0. The van der Waals surface area contributed by atoms with Gasteiger partial charge in [0.1, 0.15) is 0 Å². The average Bonchev–Trinajstić information content (AvgIpc) is 2.95. The molecule has 2 heterocycles. The molecule has 1 aromatic carbocycles. The minimum atomic E-state index is 0. The maximum absolute atomic E-state index is 11.8. The first-order chi connectivity index (χ1) is 11.1. The Balaban J connectivity index is 0.00000208. The van der Waals surface area contributed by atoms with Crippen LogP contribution in [0.3, 0.4) is 0 Å². The van der Waals surface area contributed by atoms with Crippen molar-refractivity contribution in [2.24, 2.45) is 0 Å². The fraction of sp³-hybridized carbons (Fsp3) is 0.438. The van der Waals surface area contributed by atoms with Crippen LogP contribution >= 0.6 is 12.4 Å². The van der Waals surface area contributed by atoms with Gasteiger partial charge in [0.2, 0.25) is 5.91 Å². The summed E-state index contributed by atoms with van der Waals surface area (Å²) in [6.45, 7) is 2.76. The highest BCUT2D eigenvalue weighted by molar-refractivity contribution is 5.97. The molecular formula is C16H22ClN5O2. The molecule has 0 saturated carbocycles. The molecule has 2 aromatic rings. The van der Waals surface area contributed by atoms with Crippen LogP contribution in [0.1, 0.15) is 19.2 Å². The maximum Gasteiger partial charge on any atom is 0.257 e. The molecule has 7 nitrogen and oxygen atoms in total. The number of anilines is 2. The molecule has 2 N–H and O–H groups in total. The van der Waals surface area contributed by atoms with Crippen LogP contribution in [0, 0.1) is 0 Å². The minimum Gasteiger partial charge on any atom is -0.372 e. The number of hydrogen-bond acceptors (Lipinski definition) is 6. The van der Waals surface area contributed by atoms with Crippen LogP contribution in [-0.4, -0.2) is 42.7 Å². The van der Waals surface area contributed by atoms with E-state index in [2.05, 4.69) is 32.6 Å². The van der Waals surface area contributed by atoms with Crippen LogP contribution < -0.4 is 15.5 Å². The molecule has 0 fully saturated rings. The smallest absolute Gasteiger partial charge is 0.257 e. The summed E-state index contributed by atoms with van der Waals surface area (Å²) in [5.74, 6) is 1.15. The van der Waals surface area contributed by atoms with E-state index in [-0.39, 0.29) is 24.4 Å². The van der Waals surface area contributed by atoms with Gasteiger partial charge in [0.05, 0.1) is 11.4 Å². The van der Waals surface area contributed by atoms with Crippen molar-refractivity contribution >= 4 is 29.7 Å². The van der Waals surface area contributed by atoms with Crippen molar-refractivity contribution in [3.63, 3.8) is 0 Å². The molecule has 1 atom stereocenters. The first-order valence-electron chi connectivity index (χ1n) is 7.72. The molecule has 130 valence electrons. The molecule has 1 aliphatic rings.